The summed E-state index contributed by atoms with van der Waals surface area (Å²) in [5.74, 6) is 1.72. The van der Waals surface area contributed by atoms with Crippen LogP contribution in [0.4, 0.5) is 0 Å². The van der Waals surface area contributed by atoms with Crippen LogP contribution in [-0.4, -0.2) is 11.9 Å². The Balaban J connectivity index is 2.07. The molecule has 1 aliphatic carbocycles. The predicted octanol–water partition coefficient (Wildman–Crippen LogP) is 0.531. The van der Waals surface area contributed by atoms with Crippen LogP contribution in [0.2, 0.25) is 0 Å². The fraction of sp³-hybridized carbons (Fsp3) is 0.857. The van der Waals surface area contributed by atoms with Gasteiger partial charge in [0, 0.05) is 12.5 Å². The summed E-state index contributed by atoms with van der Waals surface area (Å²) in [7, 11) is 0. The van der Waals surface area contributed by atoms with Gasteiger partial charge in [0.25, 0.3) is 0 Å². The molecule has 9 heavy (non-hydrogen) atoms. The van der Waals surface area contributed by atoms with Crippen LogP contribution in [0.1, 0.15) is 19.8 Å². The topological polar surface area (TPSA) is 29.1 Å². The van der Waals surface area contributed by atoms with E-state index < -0.39 is 0 Å². The molecule has 3 atom stereocenters. The minimum atomic E-state index is 0.251. The standard InChI is InChI=1S/C7H11NO/c1-4-2-7(9)8-6-3-5(4)6/h4-6H,2-3H2,1H3,(H,8,9)/t4-,5+,6+/m0/s1. The van der Waals surface area contributed by atoms with Gasteiger partial charge in [-0.05, 0) is 18.3 Å². The zero-order chi connectivity index (χ0) is 6.43. The average Bonchev–Trinajstić information content (AvgIpc) is 2.43. The molecule has 2 aliphatic rings. The monoisotopic (exact) mass is 125 g/mol. The minimum absolute atomic E-state index is 0.251. The second kappa shape index (κ2) is 1.49. The third kappa shape index (κ3) is 0.732. The van der Waals surface area contributed by atoms with Gasteiger partial charge in [0.05, 0.1) is 0 Å². The van der Waals surface area contributed by atoms with E-state index in [1.165, 1.54) is 6.42 Å². The van der Waals surface area contributed by atoms with E-state index in [9.17, 15) is 4.79 Å². The number of rotatable bonds is 0. The van der Waals surface area contributed by atoms with E-state index in [2.05, 4.69) is 12.2 Å². The van der Waals surface area contributed by atoms with Crippen LogP contribution in [0, 0.1) is 11.8 Å². The van der Waals surface area contributed by atoms with E-state index in [1.54, 1.807) is 0 Å². The van der Waals surface area contributed by atoms with Gasteiger partial charge in [-0.25, -0.2) is 0 Å². The lowest BCUT2D eigenvalue weighted by atomic mass is 9.99. The van der Waals surface area contributed by atoms with Crippen LogP contribution in [0.15, 0.2) is 0 Å². The van der Waals surface area contributed by atoms with Crippen molar-refractivity contribution in [3.05, 3.63) is 0 Å². The molecule has 0 bridgehead atoms. The molecule has 1 aliphatic heterocycles. The van der Waals surface area contributed by atoms with Crippen molar-refractivity contribution in [3.8, 4) is 0 Å². The molecule has 1 N–H and O–H groups in total. The van der Waals surface area contributed by atoms with Crippen molar-refractivity contribution in [2.24, 2.45) is 11.8 Å². The quantitative estimate of drug-likeness (QED) is 0.502. The molecule has 1 heterocycles. The van der Waals surface area contributed by atoms with Crippen LogP contribution in [0.5, 0.6) is 0 Å². The lowest BCUT2D eigenvalue weighted by Crippen LogP contribution is -2.34. The predicted molar refractivity (Wildman–Crippen MR) is 33.8 cm³/mol. The fourth-order valence-electron chi connectivity index (χ4n) is 1.72. The molecular formula is C7H11NO. The van der Waals surface area contributed by atoms with Crippen molar-refractivity contribution in [1.82, 2.24) is 5.32 Å². The molecule has 2 nitrogen and oxygen atoms in total. The highest BCUT2D eigenvalue weighted by Gasteiger charge is 2.45. The van der Waals surface area contributed by atoms with Crippen molar-refractivity contribution in [2.75, 3.05) is 0 Å². The zero-order valence-corrected chi connectivity index (χ0v) is 5.55. The number of fused-ring (bicyclic) bond motifs is 1. The van der Waals surface area contributed by atoms with Gasteiger partial charge in [0.15, 0.2) is 0 Å². The molecule has 2 fully saturated rings. The van der Waals surface area contributed by atoms with Crippen molar-refractivity contribution < 1.29 is 4.79 Å². The van der Waals surface area contributed by atoms with Gasteiger partial charge in [-0.3, -0.25) is 4.79 Å². The molecule has 0 spiro atoms. The molecule has 50 valence electrons. The number of hydrogen-bond donors (Lipinski definition) is 1. The Labute approximate surface area is 54.6 Å². The second-order valence-electron chi connectivity index (χ2n) is 3.25. The minimum Gasteiger partial charge on any atom is -0.353 e. The Kier molecular flexibility index (Phi) is 0.875. The number of carbonyl (C=O) groups excluding carboxylic acids is 1. The molecule has 2 rings (SSSR count). The molecule has 0 aromatic carbocycles. The summed E-state index contributed by atoms with van der Waals surface area (Å²) in [6, 6.07) is 0.557. The van der Waals surface area contributed by atoms with Crippen LogP contribution >= 0.6 is 0 Å². The first kappa shape index (κ1) is 5.27. The van der Waals surface area contributed by atoms with Gasteiger partial charge in [-0.1, -0.05) is 6.92 Å². The van der Waals surface area contributed by atoms with Crippen molar-refractivity contribution in [3.63, 3.8) is 0 Å². The Bertz CT molecular complexity index is 155. The van der Waals surface area contributed by atoms with Crippen LogP contribution < -0.4 is 5.32 Å². The number of nitrogens with one attached hydrogen (secondary N) is 1. The fourth-order valence-corrected chi connectivity index (χ4v) is 1.72. The first-order valence-corrected chi connectivity index (χ1v) is 3.57. The second-order valence-corrected chi connectivity index (χ2v) is 3.25. The smallest absolute Gasteiger partial charge is 0.220 e. The van der Waals surface area contributed by atoms with E-state index >= 15 is 0 Å². The Morgan fingerprint density at radius 2 is 2.44 bits per heavy atom. The van der Waals surface area contributed by atoms with Crippen molar-refractivity contribution in [1.29, 1.82) is 0 Å². The summed E-state index contributed by atoms with van der Waals surface area (Å²) in [6.07, 6.45) is 1.98. The summed E-state index contributed by atoms with van der Waals surface area (Å²) < 4.78 is 0. The molecular weight excluding hydrogens is 114 g/mol. The summed E-state index contributed by atoms with van der Waals surface area (Å²) in [4.78, 5) is 10.8. The summed E-state index contributed by atoms with van der Waals surface area (Å²) in [5.41, 5.74) is 0. The van der Waals surface area contributed by atoms with Gasteiger partial charge in [-0.2, -0.15) is 0 Å². The number of carbonyl (C=O) groups is 1. The van der Waals surface area contributed by atoms with E-state index in [1.807, 2.05) is 0 Å². The van der Waals surface area contributed by atoms with Gasteiger partial charge < -0.3 is 5.32 Å². The van der Waals surface area contributed by atoms with Crippen LogP contribution in [0.3, 0.4) is 0 Å². The lowest BCUT2D eigenvalue weighted by molar-refractivity contribution is -0.123. The van der Waals surface area contributed by atoms with Crippen molar-refractivity contribution >= 4 is 5.91 Å². The van der Waals surface area contributed by atoms with E-state index in [-0.39, 0.29) is 5.91 Å². The molecule has 2 heteroatoms. The SMILES string of the molecule is C[C@H]1CC(=O)N[C@@H]2C[C@H]12. The highest BCUT2D eigenvalue weighted by Crippen LogP contribution is 2.41. The first-order chi connectivity index (χ1) is 4.27. The molecule has 0 radical (unpaired) electrons. The van der Waals surface area contributed by atoms with Gasteiger partial charge in [-0.15, -0.1) is 0 Å². The molecule has 1 saturated carbocycles. The van der Waals surface area contributed by atoms with Crippen molar-refractivity contribution in [2.45, 2.75) is 25.8 Å². The molecule has 1 saturated heterocycles. The lowest BCUT2D eigenvalue weighted by Gasteiger charge is -2.16. The average molecular weight is 125 g/mol. The maximum atomic E-state index is 10.8. The molecule has 0 aromatic rings. The third-order valence-corrected chi connectivity index (χ3v) is 2.42. The maximum absolute atomic E-state index is 10.8. The molecule has 1 amide bonds. The van der Waals surface area contributed by atoms with Gasteiger partial charge in [0.1, 0.15) is 0 Å². The third-order valence-electron chi connectivity index (χ3n) is 2.42. The molecule has 0 aromatic heterocycles. The number of amides is 1. The van der Waals surface area contributed by atoms with Crippen LogP contribution in [0.25, 0.3) is 0 Å². The Morgan fingerprint density at radius 1 is 1.67 bits per heavy atom. The summed E-state index contributed by atoms with van der Waals surface area (Å²) >= 11 is 0. The van der Waals surface area contributed by atoms with E-state index in [0.717, 1.165) is 12.3 Å². The number of hydrogen-bond acceptors (Lipinski definition) is 1. The van der Waals surface area contributed by atoms with Gasteiger partial charge in [0.2, 0.25) is 5.91 Å². The first-order valence-electron chi connectivity index (χ1n) is 3.57. The Hall–Kier alpha value is -0.530. The van der Waals surface area contributed by atoms with E-state index in [0.29, 0.717) is 12.0 Å². The van der Waals surface area contributed by atoms with E-state index in [4.69, 9.17) is 0 Å². The highest BCUT2D eigenvalue weighted by atomic mass is 16.1. The maximum Gasteiger partial charge on any atom is 0.220 e. The summed E-state index contributed by atoms with van der Waals surface area (Å²) in [6.45, 7) is 2.17. The normalized spacial score (nSPS) is 47.7. The number of piperidine rings is 1. The van der Waals surface area contributed by atoms with Crippen LogP contribution in [-0.2, 0) is 4.79 Å². The highest BCUT2D eigenvalue weighted by molar-refractivity contribution is 5.78. The largest absolute Gasteiger partial charge is 0.353 e. The van der Waals surface area contributed by atoms with Gasteiger partial charge >= 0.3 is 0 Å². The zero-order valence-electron chi connectivity index (χ0n) is 5.55. The summed E-state index contributed by atoms with van der Waals surface area (Å²) in [5, 5.41) is 2.94. The molecule has 0 unspecified atom stereocenters. The Morgan fingerprint density at radius 3 is 3.11 bits per heavy atom.